The number of hydrogen-bond acceptors (Lipinski definition) is 3. The van der Waals surface area contributed by atoms with Crippen molar-refractivity contribution in [2.75, 3.05) is 6.61 Å². The Hall–Kier alpha value is -1.36. The second-order valence-corrected chi connectivity index (χ2v) is 6.28. The van der Waals surface area contributed by atoms with Crippen LogP contribution in [0.4, 0.5) is 0 Å². The van der Waals surface area contributed by atoms with Gasteiger partial charge >= 0.3 is 0 Å². The third kappa shape index (κ3) is 1.64. The van der Waals surface area contributed by atoms with Gasteiger partial charge in [-0.3, -0.25) is 14.5 Å². The monoisotopic (exact) mass is 321 g/mol. The first kappa shape index (κ1) is 11.5. The van der Waals surface area contributed by atoms with E-state index in [1.54, 1.807) is 0 Å². The SMILES string of the molecule is O=C1C2CC2C(=O)N1Cc1cc(Br)cc2c1OCC2. The van der Waals surface area contributed by atoms with Gasteiger partial charge in [-0.25, -0.2) is 0 Å². The average Bonchev–Trinajstić information content (AvgIpc) is 2.98. The number of hydrogen-bond donors (Lipinski definition) is 0. The number of carbonyl (C=O) groups excluding carboxylic acids is 2. The molecule has 4 nitrogen and oxygen atoms in total. The van der Waals surface area contributed by atoms with Crippen molar-refractivity contribution in [3.8, 4) is 5.75 Å². The quantitative estimate of drug-likeness (QED) is 0.781. The molecule has 98 valence electrons. The summed E-state index contributed by atoms with van der Waals surface area (Å²) in [5, 5.41) is 0. The Morgan fingerprint density at radius 1 is 1.26 bits per heavy atom. The van der Waals surface area contributed by atoms with Crippen molar-refractivity contribution in [3.63, 3.8) is 0 Å². The number of benzene rings is 1. The minimum atomic E-state index is -0.0337. The maximum Gasteiger partial charge on any atom is 0.233 e. The second-order valence-electron chi connectivity index (χ2n) is 5.36. The van der Waals surface area contributed by atoms with Crippen LogP contribution in [0.2, 0.25) is 0 Å². The molecule has 0 bridgehead atoms. The largest absolute Gasteiger partial charge is 0.493 e. The van der Waals surface area contributed by atoms with Crippen LogP contribution in [0.15, 0.2) is 16.6 Å². The lowest BCUT2D eigenvalue weighted by Gasteiger charge is -2.18. The third-order valence-corrected chi connectivity index (χ3v) is 4.57. The molecule has 4 rings (SSSR count). The van der Waals surface area contributed by atoms with Gasteiger partial charge < -0.3 is 4.74 Å². The fourth-order valence-corrected chi connectivity index (χ4v) is 3.59. The number of piperidine rings is 1. The van der Waals surface area contributed by atoms with Crippen LogP contribution < -0.4 is 4.74 Å². The van der Waals surface area contributed by atoms with Gasteiger partial charge in [0.1, 0.15) is 5.75 Å². The molecule has 1 aliphatic carbocycles. The maximum atomic E-state index is 12.0. The van der Waals surface area contributed by atoms with Crippen LogP contribution in [0.25, 0.3) is 0 Å². The Labute approximate surface area is 118 Å². The summed E-state index contributed by atoms with van der Waals surface area (Å²) >= 11 is 3.47. The Balaban J connectivity index is 1.67. The van der Waals surface area contributed by atoms with E-state index >= 15 is 0 Å². The highest BCUT2D eigenvalue weighted by atomic mass is 79.9. The minimum absolute atomic E-state index is 0.0123. The number of imide groups is 1. The van der Waals surface area contributed by atoms with Crippen molar-refractivity contribution in [3.05, 3.63) is 27.7 Å². The highest BCUT2D eigenvalue weighted by Crippen LogP contribution is 2.48. The smallest absolute Gasteiger partial charge is 0.233 e. The average molecular weight is 322 g/mol. The number of halogens is 1. The highest BCUT2D eigenvalue weighted by molar-refractivity contribution is 9.10. The Bertz CT molecular complexity index is 593. The van der Waals surface area contributed by atoms with Crippen molar-refractivity contribution in [1.82, 2.24) is 4.90 Å². The minimum Gasteiger partial charge on any atom is -0.493 e. The van der Waals surface area contributed by atoms with Crippen LogP contribution in [-0.4, -0.2) is 23.3 Å². The molecule has 1 saturated heterocycles. The van der Waals surface area contributed by atoms with Gasteiger partial charge in [-0.05, 0) is 24.1 Å². The molecule has 5 heteroatoms. The van der Waals surface area contributed by atoms with Crippen molar-refractivity contribution in [2.45, 2.75) is 19.4 Å². The van der Waals surface area contributed by atoms with Gasteiger partial charge in [0.05, 0.1) is 25.0 Å². The zero-order chi connectivity index (χ0) is 13.1. The van der Waals surface area contributed by atoms with E-state index in [1.807, 2.05) is 12.1 Å². The normalized spacial score (nSPS) is 27.3. The number of rotatable bonds is 2. The lowest BCUT2D eigenvalue weighted by atomic mass is 10.1. The van der Waals surface area contributed by atoms with Gasteiger partial charge in [0, 0.05) is 16.5 Å². The molecule has 1 aromatic carbocycles. The van der Waals surface area contributed by atoms with E-state index in [0.29, 0.717) is 13.2 Å². The van der Waals surface area contributed by atoms with Crippen LogP contribution in [-0.2, 0) is 22.6 Å². The fraction of sp³-hybridized carbons (Fsp3) is 0.429. The molecule has 2 fully saturated rings. The first-order chi connectivity index (χ1) is 9.15. The molecule has 0 N–H and O–H groups in total. The molecule has 2 unspecified atom stereocenters. The van der Waals surface area contributed by atoms with E-state index in [0.717, 1.165) is 34.2 Å². The number of fused-ring (bicyclic) bond motifs is 2. The number of nitrogens with zero attached hydrogens (tertiary/aromatic N) is 1. The Morgan fingerprint density at radius 2 is 2.00 bits per heavy atom. The molecular weight excluding hydrogens is 310 g/mol. The predicted octanol–water partition coefficient (Wildman–Crippen LogP) is 1.89. The first-order valence-electron chi connectivity index (χ1n) is 6.44. The maximum absolute atomic E-state index is 12.0. The summed E-state index contributed by atoms with van der Waals surface area (Å²) in [4.78, 5) is 25.4. The number of likely N-dealkylation sites (tertiary alicyclic amines) is 1. The predicted molar refractivity (Wildman–Crippen MR) is 70.5 cm³/mol. The van der Waals surface area contributed by atoms with Crippen LogP contribution in [0, 0.1) is 11.8 Å². The van der Waals surface area contributed by atoms with Crippen LogP contribution in [0.1, 0.15) is 17.5 Å². The van der Waals surface area contributed by atoms with Gasteiger partial charge in [0.25, 0.3) is 0 Å². The molecule has 2 aliphatic heterocycles. The standard InChI is InChI=1S/C14H12BrNO3/c15-9-3-7-1-2-19-12(7)8(4-9)6-16-13(17)10-5-11(10)14(16)18/h3-4,10-11H,1-2,5-6H2. The van der Waals surface area contributed by atoms with Gasteiger partial charge in [-0.15, -0.1) is 0 Å². The highest BCUT2D eigenvalue weighted by Gasteiger charge is 2.58. The molecule has 0 radical (unpaired) electrons. The van der Waals surface area contributed by atoms with Crippen molar-refractivity contribution in [1.29, 1.82) is 0 Å². The van der Waals surface area contributed by atoms with E-state index in [9.17, 15) is 9.59 Å². The second kappa shape index (κ2) is 3.82. The molecule has 3 aliphatic rings. The summed E-state index contributed by atoms with van der Waals surface area (Å²) < 4.78 is 6.60. The summed E-state index contributed by atoms with van der Waals surface area (Å²) in [5.41, 5.74) is 2.07. The van der Waals surface area contributed by atoms with Gasteiger partial charge in [0.2, 0.25) is 11.8 Å². The van der Waals surface area contributed by atoms with Crippen molar-refractivity contribution >= 4 is 27.7 Å². The van der Waals surface area contributed by atoms with Gasteiger partial charge in [-0.1, -0.05) is 15.9 Å². The van der Waals surface area contributed by atoms with Gasteiger partial charge in [-0.2, -0.15) is 0 Å². The van der Waals surface area contributed by atoms with Crippen LogP contribution in [0.3, 0.4) is 0 Å². The molecule has 1 saturated carbocycles. The van der Waals surface area contributed by atoms with Gasteiger partial charge in [0.15, 0.2) is 0 Å². The molecule has 1 aromatic rings. The van der Waals surface area contributed by atoms with Crippen LogP contribution in [0.5, 0.6) is 5.75 Å². The molecule has 19 heavy (non-hydrogen) atoms. The fourth-order valence-electron chi connectivity index (χ4n) is 3.04. The van der Waals surface area contributed by atoms with Crippen molar-refractivity contribution < 1.29 is 14.3 Å². The van der Waals surface area contributed by atoms with E-state index in [-0.39, 0.29) is 23.7 Å². The van der Waals surface area contributed by atoms with E-state index < -0.39 is 0 Å². The topological polar surface area (TPSA) is 46.6 Å². The Kier molecular flexibility index (Phi) is 2.31. The van der Waals surface area contributed by atoms with Crippen LogP contribution >= 0.6 is 15.9 Å². The summed E-state index contributed by atoms with van der Waals surface area (Å²) in [6, 6.07) is 3.98. The lowest BCUT2D eigenvalue weighted by Crippen LogP contribution is -2.32. The summed E-state index contributed by atoms with van der Waals surface area (Å²) in [5.74, 6) is 0.759. The van der Waals surface area contributed by atoms with Crippen molar-refractivity contribution in [2.24, 2.45) is 11.8 Å². The number of ether oxygens (including phenoxy) is 1. The number of carbonyl (C=O) groups is 2. The zero-order valence-electron chi connectivity index (χ0n) is 10.2. The molecule has 0 spiro atoms. The molecular formula is C14H12BrNO3. The number of amides is 2. The van der Waals surface area contributed by atoms with E-state index in [1.165, 1.54) is 4.90 Å². The zero-order valence-corrected chi connectivity index (χ0v) is 11.8. The lowest BCUT2D eigenvalue weighted by molar-refractivity contribution is -0.142. The third-order valence-electron chi connectivity index (χ3n) is 4.11. The summed E-state index contributed by atoms with van der Waals surface area (Å²) in [6.07, 6.45) is 1.64. The Morgan fingerprint density at radius 3 is 2.74 bits per heavy atom. The van der Waals surface area contributed by atoms with E-state index in [2.05, 4.69) is 15.9 Å². The molecule has 2 heterocycles. The molecule has 2 atom stereocenters. The first-order valence-corrected chi connectivity index (χ1v) is 7.24. The molecule has 2 amide bonds. The summed E-state index contributed by atoms with van der Waals surface area (Å²) in [6.45, 7) is 1.01. The molecule has 0 aromatic heterocycles. The summed E-state index contributed by atoms with van der Waals surface area (Å²) in [7, 11) is 0. The van der Waals surface area contributed by atoms with E-state index in [4.69, 9.17) is 4.74 Å².